The number of furan rings is 1. The molecule has 33 heavy (non-hydrogen) atoms. The van der Waals surface area contributed by atoms with Crippen LogP contribution in [0.4, 0.5) is 5.69 Å². The monoisotopic (exact) mass is 471 g/mol. The number of amides is 1. The predicted molar refractivity (Wildman–Crippen MR) is 127 cm³/mol. The number of ether oxygens (including phenoxy) is 1. The van der Waals surface area contributed by atoms with Crippen molar-refractivity contribution in [2.45, 2.75) is 59.3 Å². The number of rotatable bonds is 7. The Bertz CT molecular complexity index is 1310. The second-order valence-corrected chi connectivity index (χ2v) is 9.80. The summed E-state index contributed by atoms with van der Waals surface area (Å²) >= 11 is 0. The smallest absolute Gasteiger partial charge is 0.342 e. The summed E-state index contributed by atoms with van der Waals surface area (Å²) in [6, 6.07) is 8.15. The third-order valence-electron chi connectivity index (χ3n) is 5.36. The molecule has 0 radical (unpaired) electrons. The first-order valence-corrected chi connectivity index (χ1v) is 12.3. The van der Waals surface area contributed by atoms with Gasteiger partial charge in [-0.15, -0.1) is 0 Å². The topological polar surface area (TPSA) is 93.9 Å². The van der Waals surface area contributed by atoms with E-state index in [1.165, 1.54) is 12.1 Å². The highest BCUT2D eigenvalue weighted by atomic mass is 32.2. The van der Waals surface area contributed by atoms with Crippen molar-refractivity contribution < 1.29 is 27.2 Å². The van der Waals surface area contributed by atoms with Gasteiger partial charge in [-0.3, -0.25) is 4.79 Å². The Morgan fingerprint density at radius 3 is 2.21 bits per heavy atom. The average Bonchev–Trinajstić information content (AvgIpc) is 3.02. The molecule has 0 aliphatic heterocycles. The summed E-state index contributed by atoms with van der Waals surface area (Å²) in [4.78, 5) is 25.8. The van der Waals surface area contributed by atoms with Gasteiger partial charge in [0.2, 0.25) is 5.91 Å². The molecule has 0 atom stereocenters. The summed E-state index contributed by atoms with van der Waals surface area (Å²) in [5.41, 5.74) is 2.83. The number of aryl methyl sites for hydroxylation is 4. The zero-order chi connectivity index (χ0) is 24.5. The van der Waals surface area contributed by atoms with Gasteiger partial charge in [-0.05, 0) is 70.4 Å². The summed E-state index contributed by atoms with van der Waals surface area (Å²) in [5.74, 6) is -0.750. The molecule has 0 fully saturated rings. The average molecular weight is 472 g/mol. The van der Waals surface area contributed by atoms with Crippen molar-refractivity contribution in [1.29, 1.82) is 0 Å². The van der Waals surface area contributed by atoms with E-state index < -0.39 is 21.9 Å². The van der Waals surface area contributed by atoms with E-state index in [1.54, 1.807) is 45.9 Å². The maximum atomic E-state index is 13.9. The summed E-state index contributed by atoms with van der Waals surface area (Å²) in [5, 5.41) is 0.394. The first-order valence-electron chi connectivity index (χ1n) is 10.9. The number of carbonyl (C=O) groups excluding carboxylic acids is 2. The Labute approximate surface area is 194 Å². The molecule has 0 saturated heterocycles. The SMILES string of the molecule is CCCC(=O)N(c1ccc2oc(C)c(C(=O)OCC)c2c1)S(=O)(=O)c1c(C)cc(C)cc1C. The molecule has 0 aliphatic rings. The van der Waals surface area contributed by atoms with Crippen molar-refractivity contribution in [3.05, 3.63) is 58.3 Å². The van der Waals surface area contributed by atoms with Crippen LogP contribution >= 0.6 is 0 Å². The summed E-state index contributed by atoms with van der Waals surface area (Å²) in [7, 11) is -4.22. The van der Waals surface area contributed by atoms with Gasteiger partial charge in [-0.2, -0.15) is 0 Å². The molecule has 7 nitrogen and oxygen atoms in total. The molecule has 176 valence electrons. The van der Waals surface area contributed by atoms with Crippen molar-refractivity contribution in [2.75, 3.05) is 10.9 Å². The number of carbonyl (C=O) groups is 2. The normalized spacial score (nSPS) is 11.6. The molecule has 0 aliphatic carbocycles. The highest BCUT2D eigenvalue weighted by Crippen LogP contribution is 2.34. The summed E-state index contributed by atoms with van der Waals surface area (Å²) in [6.07, 6.45) is 0.536. The van der Waals surface area contributed by atoms with Gasteiger partial charge in [0.1, 0.15) is 16.9 Å². The highest BCUT2D eigenvalue weighted by molar-refractivity contribution is 7.93. The summed E-state index contributed by atoms with van der Waals surface area (Å²) < 4.78 is 39.4. The van der Waals surface area contributed by atoms with Crippen LogP contribution in [0.5, 0.6) is 0 Å². The molecule has 0 bridgehead atoms. The van der Waals surface area contributed by atoms with Gasteiger partial charge in [0.05, 0.1) is 17.2 Å². The van der Waals surface area contributed by atoms with E-state index in [2.05, 4.69) is 0 Å². The van der Waals surface area contributed by atoms with Crippen molar-refractivity contribution in [1.82, 2.24) is 0 Å². The molecule has 3 rings (SSSR count). The van der Waals surface area contributed by atoms with E-state index in [9.17, 15) is 18.0 Å². The van der Waals surface area contributed by atoms with E-state index in [4.69, 9.17) is 9.15 Å². The number of hydrogen-bond donors (Lipinski definition) is 0. The zero-order valence-electron chi connectivity index (χ0n) is 19.8. The van der Waals surface area contributed by atoms with Crippen molar-refractivity contribution in [2.24, 2.45) is 0 Å². The number of esters is 1. The van der Waals surface area contributed by atoms with Crippen LogP contribution in [0.25, 0.3) is 11.0 Å². The van der Waals surface area contributed by atoms with Crippen LogP contribution in [0.2, 0.25) is 0 Å². The van der Waals surface area contributed by atoms with E-state index >= 15 is 0 Å². The van der Waals surface area contributed by atoms with E-state index in [-0.39, 0.29) is 29.2 Å². The minimum Gasteiger partial charge on any atom is -0.462 e. The van der Waals surface area contributed by atoms with Crippen LogP contribution in [0.3, 0.4) is 0 Å². The number of anilines is 1. The number of nitrogens with zero attached hydrogens (tertiary/aromatic N) is 1. The molecule has 0 spiro atoms. The second kappa shape index (κ2) is 9.39. The molecule has 2 aromatic carbocycles. The van der Waals surface area contributed by atoms with Crippen LogP contribution in [0.1, 0.15) is 59.5 Å². The van der Waals surface area contributed by atoms with Gasteiger partial charge in [0, 0.05) is 11.8 Å². The Kier molecular flexibility index (Phi) is 6.97. The van der Waals surface area contributed by atoms with Crippen molar-refractivity contribution in [3.63, 3.8) is 0 Å². The van der Waals surface area contributed by atoms with Gasteiger partial charge in [0.15, 0.2) is 0 Å². The van der Waals surface area contributed by atoms with Crippen molar-refractivity contribution >= 4 is 38.6 Å². The third-order valence-corrected chi connectivity index (χ3v) is 7.41. The molecule has 1 amide bonds. The molecule has 0 saturated carbocycles. The molecular weight excluding hydrogens is 442 g/mol. The van der Waals surface area contributed by atoms with Gasteiger partial charge in [-0.25, -0.2) is 17.5 Å². The van der Waals surface area contributed by atoms with Crippen molar-refractivity contribution in [3.8, 4) is 0 Å². The highest BCUT2D eigenvalue weighted by Gasteiger charge is 2.34. The number of benzene rings is 2. The molecule has 0 N–H and O–H groups in total. The van der Waals surface area contributed by atoms with Gasteiger partial charge in [-0.1, -0.05) is 24.6 Å². The fourth-order valence-corrected chi connectivity index (χ4v) is 6.05. The molecule has 1 aromatic heterocycles. The fourth-order valence-electron chi connectivity index (χ4n) is 4.19. The fraction of sp³-hybridized carbons (Fsp3) is 0.360. The maximum absolute atomic E-state index is 13.9. The second-order valence-electron chi connectivity index (χ2n) is 8.08. The van der Waals surface area contributed by atoms with E-state index in [0.717, 1.165) is 9.87 Å². The van der Waals surface area contributed by atoms with Gasteiger partial charge < -0.3 is 9.15 Å². The van der Waals surface area contributed by atoms with Crippen LogP contribution in [0.15, 0.2) is 39.6 Å². The minimum atomic E-state index is -4.22. The Hall–Kier alpha value is -3.13. The Balaban J connectivity index is 2.27. The Morgan fingerprint density at radius 1 is 1.00 bits per heavy atom. The Morgan fingerprint density at radius 2 is 1.64 bits per heavy atom. The number of sulfonamides is 1. The molecular formula is C25H29NO6S. The lowest BCUT2D eigenvalue weighted by atomic mass is 10.1. The van der Waals surface area contributed by atoms with E-state index in [0.29, 0.717) is 34.3 Å². The maximum Gasteiger partial charge on any atom is 0.342 e. The van der Waals surface area contributed by atoms with Gasteiger partial charge >= 0.3 is 5.97 Å². The van der Waals surface area contributed by atoms with Crippen LogP contribution in [-0.4, -0.2) is 26.9 Å². The third kappa shape index (κ3) is 4.53. The number of fused-ring (bicyclic) bond motifs is 1. The standard InChI is InChI=1S/C25H29NO6S/c1-7-9-22(27)26(33(29,30)24-16(4)12-15(3)13-17(24)5)19-10-11-21-20(14-19)23(18(6)32-21)25(28)31-8-2/h10-14H,7-9H2,1-6H3. The lowest BCUT2D eigenvalue weighted by Crippen LogP contribution is -2.37. The summed E-state index contributed by atoms with van der Waals surface area (Å²) in [6.45, 7) is 10.7. The first-order chi connectivity index (χ1) is 15.5. The largest absolute Gasteiger partial charge is 0.462 e. The molecule has 3 aromatic rings. The lowest BCUT2D eigenvalue weighted by molar-refractivity contribution is -0.117. The molecule has 8 heteroatoms. The van der Waals surface area contributed by atoms with Crippen LogP contribution < -0.4 is 4.31 Å². The van der Waals surface area contributed by atoms with E-state index in [1.807, 2.05) is 13.8 Å². The first kappa shape index (κ1) is 24.5. The lowest BCUT2D eigenvalue weighted by Gasteiger charge is -2.25. The predicted octanol–water partition coefficient (Wildman–Crippen LogP) is 5.37. The van der Waals surface area contributed by atoms with Gasteiger partial charge in [0.25, 0.3) is 10.0 Å². The zero-order valence-corrected chi connectivity index (χ0v) is 20.6. The number of hydrogen-bond acceptors (Lipinski definition) is 6. The molecule has 1 heterocycles. The molecule has 0 unspecified atom stereocenters. The van der Waals surface area contributed by atoms with Crippen LogP contribution in [0, 0.1) is 27.7 Å². The quantitative estimate of drug-likeness (QED) is 0.430. The van der Waals surface area contributed by atoms with Crippen LogP contribution in [-0.2, 0) is 19.6 Å². The minimum absolute atomic E-state index is 0.0520.